The fourth-order valence-electron chi connectivity index (χ4n) is 7.17. The number of carbonyl (C=O) groups is 2. The second-order valence-corrected chi connectivity index (χ2v) is 14.5. The van der Waals surface area contributed by atoms with Gasteiger partial charge in [0, 0.05) is 30.0 Å². The van der Waals surface area contributed by atoms with Crippen molar-refractivity contribution in [3.63, 3.8) is 0 Å². The SMILES string of the molecule is C#C[C@]1(COC(=O)CC(C)(C)c2c(C)cc(C)cc2OC(=O)CCCCCCCCC)O[C@@H](CC2C=Nc3c(N)nc(F)nc3CC2)C[C@@H]1O. The van der Waals surface area contributed by atoms with E-state index in [1.807, 2.05) is 39.8 Å². The van der Waals surface area contributed by atoms with Gasteiger partial charge in [0.1, 0.15) is 24.1 Å². The summed E-state index contributed by atoms with van der Waals surface area (Å²) in [6, 6.07) is 3.84. The second kappa shape index (κ2) is 17.4. The molecular formula is C39H53FN4O6. The van der Waals surface area contributed by atoms with Crippen molar-refractivity contribution in [3.8, 4) is 18.1 Å². The summed E-state index contributed by atoms with van der Waals surface area (Å²) in [5, 5.41) is 11.0. The number of aromatic nitrogens is 2. The minimum atomic E-state index is -1.51. The minimum Gasteiger partial charge on any atom is -0.461 e. The second-order valence-electron chi connectivity index (χ2n) is 14.5. The summed E-state index contributed by atoms with van der Waals surface area (Å²) in [6.07, 6.45) is 15.1. The summed E-state index contributed by atoms with van der Waals surface area (Å²) in [7, 11) is 0. The first-order chi connectivity index (χ1) is 23.8. The van der Waals surface area contributed by atoms with Crippen molar-refractivity contribution in [2.24, 2.45) is 10.9 Å². The molecule has 1 aromatic heterocycles. The highest BCUT2D eigenvalue weighted by Crippen LogP contribution is 2.40. The summed E-state index contributed by atoms with van der Waals surface area (Å²) >= 11 is 0. The molecule has 0 bridgehead atoms. The van der Waals surface area contributed by atoms with E-state index in [9.17, 15) is 19.1 Å². The third kappa shape index (κ3) is 10.1. The van der Waals surface area contributed by atoms with Gasteiger partial charge in [0.25, 0.3) is 0 Å². The lowest BCUT2D eigenvalue weighted by Crippen LogP contribution is -2.43. The Labute approximate surface area is 295 Å². The molecule has 2 aliphatic rings. The number of anilines is 1. The van der Waals surface area contributed by atoms with Crippen LogP contribution >= 0.6 is 0 Å². The van der Waals surface area contributed by atoms with Gasteiger partial charge in [-0.1, -0.05) is 71.3 Å². The van der Waals surface area contributed by atoms with Crippen LogP contribution in [0.25, 0.3) is 0 Å². The molecule has 2 aliphatic heterocycles. The summed E-state index contributed by atoms with van der Waals surface area (Å²) in [6.45, 7) is 9.58. The first kappa shape index (κ1) is 38.9. The molecule has 0 radical (unpaired) electrons. The summed E-state index contributed by atoms with van der Waals surface area (Å²) < 4.78 is 31.5. The zero-order chi connectivity index (χ0) is 36.5. The van der Waals surface area contributed by atoms with Crippen LogP contribution < -0.4 is 10.5 Å². The number of terminal acetylenes is 1. The van der Waals surface area contributed by atoms with E-state index in [1.165, 1.54) is 25.7 Å². The number of esters is 2. The van der Waals surface area contributed by atoms with Crippen molar-refractivity contribution in [2.45, 2.75) is 141 Å². The van der Waals surface area contributed by atoms with Crippen molar-refractivity contribution < 1.29 is 33.3 Å². The first-order valence-corrected chi connectivity index (χ1v) is 17.9. The first-order valence-electron chi connectivity index (χ1n) is 17.9. The summed E-state index contributed by atoms with van der Waals surface area (Å²) in [4.78, 5) is 38.0. The van der Waals surface area contributed by atoms with Crippen LogP contribution in [0.15, 0.2) is 17.1 Å². The Kier molecular flexibility index (Phi) is 13.5. The van der Waals surface area contributed by atoms with Crippen LogP contribution in [0, 0.1) is 38.2 Å². The average molecular weight is 693 g/mol. The average Bonchev–Trinajstić information content (AvgIpc) is 3.20. The van der Waals surface area contributed by atoms with Gasteiger partial charge >= 0.3 is 18.0 Å². The molecule has 2 aromatic rings. The quantitative estimate of drug-likeness (QED) is 0.0627. The number of nitrogens with zero attached hydrogens (tertiary/aromatic N) is 3. The molecule has 10 nitrogen and oxygen atoms in total. The fourth-order valence-corrected chi connectivity index (χ4v) is 7.17. The molecule has 0 spiro atoms. The number of aliphatic hydroxyl groups excluding tert-OH is 1. The Hall–Kier alpha value is -3.88. The van der Waals surface area contributed by atoms with E-state index in [0.29, 0.717) is 42.8 Å². The lowest BCUT2D eigenvalue weighted by atomic mass is 9.78. The van der Waals surface area contributed by atoms with Gasteiger partial charge in [-0.25, -0.2) is 4.98 Å². The van der Waals surface area contributed by atoms with Gasteiger partial charge in [0.2, 0.25) is 0 Å². The fraction of sp³-hybridized carbons (Fsp3) is 0.615. The van der Waals surface area contributed by atoms with Crippen LogP contribution in [0.5, 0.6) is 5.75 Å². The number of nitrogens with two attached hydrogens (primary N) is 1. The van der Waals surface area contributed by atoms with Crippen molar-refractivity contribution in [3.05, 3.63) is 40.6 Å². The number of hydrogen-bond acceptors (Lipinski definition) is 10. The van der Waals surface area contributed by atoms with Crippen LogP contribution in [0.1, 0.15) is 120 Å². The molecule has 272 valence electrons. The van der Waals surface area contributed by atoms with Crippen LogP contribution in [-0.2, 0) is 30.9 Å². The number of aryl methyl sites for hydroxylation is 3. The van der Waals surface area contributed by atoms with Gasteiger partial charge in [0.05, 0.1) is 18.2 Å². The standard InChI is InChI=1S/C39H53FN4O6/c1-7-9-10-11-12-13-14-15-32(46)49-30-19-25(3)18-26(4)34(30)38(5,6)22-33(47)48-24-39(8-2)31(45)21-28(50-39)20-27-16-17-29-35(42-23-27)36(41)44-37(40)43-29/h2,18-19,23,27-28,31,45H,7,9-17,20-22,24H2,1,3-6H3,(H2,41,43,44)/t27?,28-,31-,39+/m0/s1. The van der Waals surface area contributed by atoms with Gasteiger partial charge in [-0.15, -0.1) is 6.42 Å². The Bertz CT molecular complexity index is 1590. The molecule has 50 heavy (non-hydrogen) atoms. The van der Waals surface area contributed by atoms with Crippen molar-refractivity contribution in [1.29, 1.82) is 0 Å². The summed E-state index contributed by atoms with van der Waals surface area (Å²) in [5.74, 6) is 2.11. The highest BCUT2D eigenvalue weighted by atomic mass is 19.1. The third-order valence-corrected chi connectivity index (χ3v) is 9.70. The third-order valence-electron chi connectivity index (χ3n) is 9.70. The highest BCUT2D eigenvalue weighted by molar-refractivity contribution is 5.75. The minimum absolute atomic E-state index is 0.0122. The van der Waals surface area contributed by atoms with Crippen LogP contribution in [0.4, 0.5) is 15.9 Å². The van der Waals surface area contributed by atoms with E-state index in [0.717, 1.165) is 36.0 Å². The molecule has 3 N–H and O–H groups in total. The Morgan fingerprint density at radius 2 is 1.86 bits per heavy atom. The molecule has 1 aromatic carbocycles. The van der Waals surface area contributed by atoms with E-state index in [-0.39, 0.29) is 37.2 Å². The number of benzene rings is 1. The largest absolute Gasteiger partial charge is 0.461 e. The maximum absolute atomic E-state index is 13.7. The van der Waals surface area contributed by atoms with E-state index in [1.54, 1.807) is 6.21 Å². The predicted molar refractivity (Wildman–Crippen MR) is 191 cm³/mol. The van der Waals surface area contributed by atoms with E-state index >= 15 is 0 Å². The molecule has 1 saturated heterocycles. The monoisotopic (exact) mass is 692 g/mol. The molecular weight excluding hydrogens is 639 g/mol. The van der Waals surface area contributed by atoms with E-state index in [2.05, 4.69) is 27.8 Å². The van der Waals surface area contributed by atoms with E-state index < -0.39 is 35.3 Å². The summed E-state index contributed by atoms with van der Waals surface area (Å²) in [5.41, 5.74) is 7.02. The van der Waals surface area contributed by atoms with Gasteiger partial charge in [-0.3, -0.25) is 14.6 Å². The van der Waals surface area contributed by atoms with Gasteiger partial charge in [-0.05, 0) is 62.6 Å². The molecule has 1 fully saturated rings. The smallest absolute Gasteiger partial charge is 0.311 e. The Morgan fingerprint density at radius 1 is 1.14 bits per heavy atom. The number of hydrogen-bond donors (Lipinski definition) is 2. The predicted octanol–water partition coefficient (Wildman–Crippen LogP) is 6.95. The number of halogens is 1. The molecule has 4 atom stereocenters. The number of aliphatic imine (C=N–C) groups is 1. The maximum atomic E-state index is 13.7. The van der Waals surface area contributed by atoms with Gasteiger partial charge < -0.3 is 25.1 Å². The zero-order valence-electron chi connectivity index (χ0n) is 30.2. The molecule has 3 heterocycles. The van der Waals surface area contributed by atoms with Crippen LogP contribution in [0.3, 0.4) is 0 Å². The maximum Gasteiger partial charge on any atom is 0.311 e. The van der Waals surface area contributed by atoms with E-state index in [4.69, 9.17) is 26.4 Å². The lowest BCUT2D eigenvalue weighted by Gasteiger charge is -2.30. The van der Waals surface area contributed by atoms with Crippen molar-refractivity contribution in [2.75, 3.05) is 12.3 Å². The van der Waals surface area contributed by atoms with Gasteiger partial charge in [-0.2, -0.15) is 9.37 Å². The Morgan fingerprint density at radius 3 is 2.58 bits per heavy atom. The number of nitrogen functional groups attached to an aromatic ring is 1. The number of ether oxygens (including phenoxy) is 3. The normalized spacial score (nSPS) is 21.7. The molecule has 1 unspecified atom stereocenters. The van der Waals surface area contributed by atoms with Crippen LogP contribution in [-0.4, -0.2) is 57.6 Å². The number of carbonyl (C=O) groups excluding carboxylic acids is 2. The number of rotatable bonds is 16. The molecule has 0 aliphatic carbocycles. The number of fused-ring (bicyclic) bond motifs is 1. The molecule has 11 heteroatoms. The highest BCUT2D eigenvalue weighted by Gasteiger charge is 2.48. The topological polar surface area (TPSA) is 146 Å². The van der Waals surface area contributed by atoms with Crippen molar-refractivity contribution in [1.82, 2.24) is 9.97 Å². The molecule has 0 saturated carbocycles. The molecule has 4 rings (SSSR count). The zero-order valence-corrected chi connectivity index (χ0v) is 30.2. The Balaban J connectivity index is 1.34. The van der Waals surface area contributed by atoms with Crippen LogP contribution in [0.2, 0.25) is 0 Å². The molecule has 0 amide bonds. The van der Waals surface area contributed by atoms with Gasteiger partial charge in [0.15, 0.2) is 11.4 Å². The number of unbranched alkanes of at least 4 members (excludes halogenated alkanes) is 6. The lowest BCUT2D eigenvalue weighted by molar-refractivity contribution is -0.155. The number of aliphatic hydroxyl groups is 1. The van der Waals surface area contributed by atoms with Crippen molar-refractivity contribution >= 4 is 29.7 Å².